The Hall–Kier alpha value is -2.18. The lowest BCUT2D eigenvalue weighted by molar-refractivity contribution is -0.105. The van der Waals surface area contributed by atoms with Crippen molar-refractivity contribution in [3.63, 3.8) is 0 Å². The van der Waals surface area contributed by atoms with E-state index in [1.165, 1.54) is 4.88 Å². The van der Waals surface area contributed by atoms with E-state index >= 15 is 0 Å². The van der Waals surface area contributed by atoms with Crippen molar-refractivity contribution < 1.29 is 9.59 Å². The van der Waals surface area contributed by atoms with E-state index in [0.717, 1.165) is 39.1 Å². The number of hydrogen-bond donors (Lipinski definition) is 1. The molecule has 1 N–H and O–H groups in total. The van der Waals surface area contributed by atoms with E-state index in [1.807, 2.05) is 4.90 Å². The highest BCUT2D eigenvalue weighted by Gasteiger charge is 2.21. The van der Waals surface area contributed by atoms with Gasteiger partial charge in [0.05, 0.1) is 0 Å². The summed E-state index contributed by atoms with van der Waals surface area (Å²) in [7, 11) is 0. The summed E-state index contributed by atoms with van der Waals surface area (Å²) in [6.07, 6.45) is 1.71. The van der Waals surface area contributed by atoms with Gasteiger partial charge in [-0.25, -0.2) is 0 Å². The molecule has 1 aromatic carbocycles. The minimum Gasteiger partial charge on any atom is -0.336 e. The van der Waals surface area contributed by atoms with E-state index in [9.17, 15) is 9.59 Å². The molecule has 0 bridgehead atoms. The number of carbonyl (C=O) groups is 2. The van der Waals surface area contributed by atoms with Crippen molar-refractivity contribution in [2.24, 2.45) is 0 Å². The summed E-state index contributed by atoms with van der Waals surface area (Å²) in [5.41, 5.74) is 1.36. The van der Waals surface area contributed by atoms with Crippen molar-refractivity contribution >= 4 is 29.3 Å². The molecule has 5 nitrogen and oxygen atoms in total. The summed E-state index contributed by atoms with van der Waals surface area (Å²) in [6, 6.07) is 11.3. The maximum atomic E-state index is 12.5. The molecule has 2 heterocycles. The highest BCUT2D eigenvalue weighted by atomic mass is 32.1. The average Bonchev–Trinajstić information content (AvgIpc) is 3.14. The number of amides is 2. The molecule has 0 saturated carbocycles. The van der Waals surface area contributed by atoms with Gasteiger partial charge in [-0.15, -0.1) is 11.3 Å². The second kappa shape index (κ2) is 8.08. The van der Waals surface area contributed by atoms with Crippen LogP contribution >= 0.6 is 11.3 Å². The van der Waals surface area contributed by atoms with E-state index in [0.29, 0.717) is 17.7 Å². The van der Waals surface area contributed by atoms with Crippen LogP contribution in [0.1, 0.15) is 15.2 Å². The molecule has 3 rings (SSSR count). The van der Waals surface area contributed by atoms with E-state index < -0.39 is 0 Å². The fourth-order valence-electron chi connectivity index (χ4n) is 2.86. The first kappa shape index (κ1) is 16.7. The van der Waals surface area contributed by atoms with Gasteiger partial charge in [0, 0.05) is 48.9 Å². The topological polar surface area (TPSA) is 52.7 Å². The highest BCUT2D eigenvalue weighted by Crippen LogP contribution is 2.14. The Morgan fingerprint density at radius 2 is 1.88 bits per heavy atom. The molecular formula is C18H21N3O2S. The van der Waals surface area contributed by atoms with Crippen molar-refractivity contribution in [1.82, 2.24) is 9.80 Å². The average molecular weight is 343 g/mol. The van der Waals surface area contributed by atoms with Crippen LogP contribution in [0.5, 0.6) is 0 Å². The molecule has 0 radical (unpaired) electrons. The summed E-state index contributed by atoms with van der Waals surface area (Å²) < 4.78 is 0. The normalized spacial score (nSPS) is 15.2. The monoisotopic (exact) mass is 343 g/mol. The summed E-state index contributed by atoms with van der Waals surface area (Å²) in [5, 5.41) is 4.69. The van der Waals surface area contributed by atoms with Crippen molar-refractivity contribution in [2.45, 2.75) is 6.42 Å². The van der Waals surface area contributed by atoms with Crippen molar-refractivity contribution in [3.8, 4) is 0 Å². The molecule has 0 spiro atoms. The predicted octanol–water partition coefficient (Wildman–Crippen LogP) is 2.32. The lowest BCUT2D eigenvalue weighted by Crippen LogP contribution is -2.49. The molecule has 24 heavy (non-hydrogen) atoms. The maximum Gasteiger partial charge on any atom is 0.253 e. The zero-order valence-corrected chi connectivity index (χ0v) is 14.3. The summed E-state index contributed by atoms with van der Waals surface area (Å²) in [4.78, 5) is 28.7. The fraction of sp³-hybridized carbons (Fsp3) is 0.333. The number of anilines is 1. The van der Waals surface area contributed by atoms with Gasteiger partial charge in [0.2, 0.25) is 6.41 Å². The van der Waals surface area contributed by atoms with Gasteiger partial charge in [0.25, 0.3) is 5.91 Å². The van der Waals surface area contributed by atoms with Gasteiger partial charge >= 0.3 is 0 Å². The van der Waals surface area contributed by atoms with Crippen molar-refractivity contribution in [3.05, 3.63) is 52.2 Å². The number of thiophene rings is 1. The lowest BCUT2D eigenvalue weighted by Gasteiger charge is -2.34. The quantitative estimate of drug-likeness (QED) is 0.819. The Balaban J connectivity index is 1.48. The maximum absolute atomic E-state index is 12.5. The number of rotatable bonds is 6. The zero-order valence-electron chi connectivity index (χ0n) is 13.5. The smallest absolute Gasteiger partial charge is 0.253 e. The van der Waals surface area contributed by atoms with Gasteiger partial charge in [-0.3, -0.25) is 14.5 Å². The molecule has 1 aliphatic heterocycles. The van der Waals surface area contributed by atoms with Crippen LogP contribution in [0.25, 0.3) is 0 Å². The molecule has 1 aliphatic rings. The van der Waals surface area contributed by atoms with Crippen LogP contribution in [0.2, 0.25) is 0 Å². The number of nitrogens with zero attached hydrogens (tertiary/aromatic N) is 2. The van der Waals surface area contributed by atoms with Crippen LogP contribution in [0.3, 0.4) is 0 Å². The Morgan fingerprint density at radius 3 is 2.50 bits per heavy atom. The van der Waals surface area contributed by atoms with Crippen LogP contribution in [-0.2, 0) is 11.2 Å². The summed E-state index contributed by atoms with van der Waals surface area (Å²) >= 11 is 1.80. The molecular weight excluding hydrogens is 322 g/mol. The third-order valence-electron chi connectivity index (χ3n) is 4.27. The fourth-order valence-corrected chi connectivity index (χ4v) is 3.56. The predicted molar refractivity (Wildman–Crippen MR) is 96.5 cm³/mol. The van der Waals surface area contributed by atoms with Gasteiger partial charge in [-0.2, -0.15) is 0 Å². The third kappa shape index (κ3) is 4.21. The Labute approximate surface area is 145 Å². The first-order valence-electron chi connectivity index (χ1n) is 8.10. The number of benzene rings is 1. The molecule has 1 fully saturated rings. The molecule has 1 aromatic heterocycles. The minimum atomic E-state index is 0.0607. The van der Waals surface area contributed by atoms with Gasteiger partial charge in [-0.05, 0) is 42.1 Å². The first-order valence-corrected chi connectivity index (χ1v) is 8.98. The van der Waals surface area contributed by atoms with E-state index in [1.54, 1.807) is 35.6 Å². The highest BCUT2D eigenvalue weighted by molar-refractivity contribution is 7.09. The summed E-state index contributed by atoms with van der Waals surface area (Å²) in [5.74, 6) is 0.0607. The molecule has 2 aromatic rings. The number of carbonyl (C=O) groups excluding carboxylic acids is 2. The second-order valence-corrected chi connectivity index (χ2v) is 6.83. The SMILES string of the molecule is O=CNc1ccc(C(=O)N2CCN(CCc3cccs3)CC2)cc1. The van der Waals surface area contributed by atoms with Gasteiger partial charge in [0.1, 0.15) is 0 Å². The summed E-state index contributed by atoms with van der Waals surface area (Å²) in [6.45, 7) is 4.41. The van der Waals surface area contributed by atoms with E-state index in [-0.39, 0.29) is 5.91 Å². The largest absolute Gasteiger partial charge is 0.336 e. The molecule has 0 unspecified atom stereocenters. The first-order chi connectivity index (χ1) is 11.8. The Kier molecular flexibility index (Phi) is 5.61. The Bertz CT molecular complexity index is 662. The molecule has 1 saturated heterocycles. The molecule has 2 amide bonds. The van der Waals surface area contributed by atoms with E-state index in [4.69, 9.17) is 0 Å². The zero-order chi connectivity index (χ0) is 16.8. The van der Waals surface area contributed by atoms with Gasteiger partial charge in [-0.1, -0.05) is 6.07 Å². The molecule has 6 heteroatoms. The molecule has 0 atom stereocenters. The minimum absolute atomic E-state index is 0.0607. The molecule has 0 aliphatic carbocycles. The van der Waals surface area contributed by atoms with Crippen LogP contribution in [0, 0.1) is 0 Å². The standard InChI is InChI=1S/C18H21N3O2S/c22-14-19-16-5-3-15(4-6-16)18(23)21-11-9-20(10-12-21)8-7-17-2-1-13-24-17/h1-6,13-14H,7-12H2,(H,19,22). The molecule has 126 valence electrons. The van der Waals surface area contributed by atoms with Crippen LogP contribution in [0.4, 0.5) is 5.69 Å². The van der Waals surface area contributed by atoms with Crippen LogP contribution in [0.15, 0.2) is 41.8 Å². The lowest BCUT2D eigenvalue weighted by atomic mass is 10.1. The number of hydrogen-bond acceptors (Lipinski definition) is 4. The van der Waals surface area contributed by atoms with Crippen LogP contribution < -0.4 is 5.32 Å². The van der Waals surface area contributed by atoms with Crippen molar-refractivity contribution in [2.75, 3.05) is 38.0 Å². The van der Waals surface area contributed by atoms with Crippen molar-refractivity contribution in [1.29, 1.82) is 0 Å². The second-order valence-electron chi connectivity index (χ2n) is 5.80. The van der Waals surface area contributed by atoms with Gasteiger partial charge in [0.15, 0.2) is 0 Å². The van der Waals surface area contributed by atoms with Gasteiger partial charge < -0.3 is 10.2 Å². The third-order valence-corrected chi connectivity index (χ3v) is 5.21. The van der Waals surface area contributed by atoms with E-state index in [2.05, 4.69) is 27.7 Å². The van der Waals surface area contributed by atoms with Crippen LogP contribution in [-0.4, -0.2) is 54.8 Å². The number of piperazine rings is 1. The number of nitrogens with one attached hydrogen (secondary N) is 1. The Morgan fingerprint density at radius 1 is 1.12 bits per heavy atom.